The molecule has 0 unspecified atom stereocenters. The van der Waals surface area contributed by atoms with Gasteiger partial charge in [-0.1, -0.05) is 42.5 Å². The summed E-state index contributed by atoms with van der Waals surface area (Å²) in [6.07, 6.45) is 1.58. The van der Waals surface area contributed by atoms with E-state index < -0.39 is 4.92 Å². The Labute approximate surface area is 174 Å². The van der Waals surface area contributed by atoms with Crippen molar-refractivity contribution in [1.82, 2.24) is 14.7 Å². The van der Waals surface area contributed by atoms with E-state index in [1.807, 2.05) is 35.2 Å². The van der Waals surface area contributed by atoms with Crippen LogP contribution in [0.15, 0.2) is 66.9 Å². The molecule has 4 rings (SSSR count). The third-order valence-corrected chi connectivity index (χ3v) is 5.41. The van der Waals surface area contributed by atoms with E-state index in [1.165, 1.54) is 21.2 Å². The van der Waals surface area contributed by atoms with E-state index in [0.717, 1.165) is 38.3 Å². The first-order valence-electron chi connectivity index (χ1n) is 10.0. The molecule has 1 amide bonds. The molecule has 154 valence electrons. The molecule has 1 aromatic heterocycles. The lowest BCUT2D eigenvalue weighted by Crippen LogP contribution is -3.13. The number of nitro groups is 1. The van der Waals surface area contributed by atoms with Gasteiger partial charge >= 0.3 is 5.82 Å². The van der Waals surface area contributed by atoms with Gasteiger partial charge < -0.3 is 19.9 Å². The van der Waals surface area contributed by atoms with Crippen LogP contribution in [0.2, 0.25) is 0 Å². The average molecular weight is 406 g/mol. The summed E-state index contributed by atoms with van der Waals surface area (Å²) in [4.78, 5) is 26.5. The second-order valence-electron chi connectivity index (χ2n) is 7.53. The van der Waals surface area contributed by atoms with Crippen molar-refractivity contribution in [1.29, 1.82) is 0 Å². The Balaban J connectivity index is 1.31. The summed E-state index contributed by atoms with van der Waals surface area (Å²) in [6, 6.07) is 19.2. The number of carbonyl (C=O) groups is 1. The minimum absolute atomic E-state index is 0.0510. The summed E-state index contributed by atoms with van der Waals surface area (Å²) in [7, 11) is 0. The molecule has 0 aliphatic carbocycles. The van der Waals surface area contributed by atoms with Gasteiger partial charge in [0.05, 0.1) is 50.1 Å². The minimum atomic E-state index is -0.514. The van der Waals surface area contributed by atoms with Gasteiger partial charge in [0.15, 0.2) is 0 Å². The van der Waals surface area contributed by atoms with Crippen molar-refractivity contribution in [2.45, 2.75) is 13.1 Å². The van der Waals surface area contributed by atoms with Crippen molar-refractivity contribution >= 4 is 11.7 Å². The lowest BCUT2D eigenvalue weighted by atomic mass is 10.1. The first-order chi connectivity index (χ1) is 14.6. The number of benzene rings is 2. The highest BCUT2D eigenvalue weighted by molar-refractivity contribution is 5.94. The Kier molecular flexibility index (Phi) is 5.85. The predicted molar refractivity (Wildman–Crippen MR) is 111 cm³/mol. The van der Waals surface area contributed by atoms with Crippen LogP contribution in [0.25, 0.3) is 0 Å². The summed E-state index contributed by atoms with van der Waals surface area (Å²) in [6.45, 7) is 4.79. The number of hydrogen-bond acceptors (Lipinski definition) is 4. The van der Waals surface area contributed by atoms with Gasteiger partial charge in [-0.25, -0.2) is 0 Å². The fourth-order valence-corrected chi connectivity index (χ4v) is 3.75. The van der Waals surface area contributed by atoms with E-state index in [0.29, 0.717) is 12.1 Å². The molecule has 0 bridgehead atoms. The third kappa shape index (κ3) is 4.72. The molecule has 1 aliphatic heterocycles. The minimum Gasteiger partial charge on any atom is -0.358 e. The molecule has 1 saturated heterocycles. The second-order valence-corrected chi connectivity index (χ2v) is 7.53. The summed E-state index contributed by atoms with van der Waals surface area (Å²) < 4.78 is 1.52. The molecule has 8 heteroatoms. The van der Waals surface area contributed by atoms with Gasteiger partial charge in [-0.3, -0.25) is 4.79 Å². The normalized spacial score (nSPS) is 14.6. The Hall–Kier alpha value is -3.52. The van der Waals surface area contributed by atoms with E-state index in [9.17, 15) is 14.9 Å². The number of aromatic nitrogens is 2. The van der Waals surface area contributed by atoms with Crippen molar-refractivity contribution in [3.63, 3.8) is 0 Å². The van der Waals surface area contributed by atoms with Crippen LogP contribution in [0.4, 0.5) is 5.82 Å². The van der Waals surface area contributed by atoms with Gasteiger partial charge in [-0.05, 0) is 22.6 Å². The van der Waals surface area contributed by atoms with Crippen LogP contribution in [0.1, 0.15) is 21.5 Å². The maximum Gasteiger partial charge on any atom is 0.389 e. The molecule has 0 radical (unpaired) electrons. The number of piperazine rings is 1. The Morgan fingerprint density at radius 3 is 2.33 bits per heavy atom. The smallest absolute Gasteiger partial charge is 0.358 e. The van der Waals surface area contributed by atoms with Gasteiger partial charge in [0, 0.05) is 11.1 Å². The lowest BCUT2D eigenvalue weighted by molar-refractivity contribution is -0.917. The number of nitrogens with one attached hydrogen (secondary N) is 1. The first-order valence-corrected chi connectivity index (χ1v) is 10.0. The molecule has 0 atom stereocenters. The van der Waals surface area contributed by atoms with Crippen molar-refractivity contribution in [2.75, 3.05) is 26.2 Å². The van der Waals surface area contributed by atoms with Gasteiger partial charge in [-0.15, -0.1) is 0 Å². The number of hydrogen-bond donors (Lipinski definition) is 1. The van der Waals surface area contributed by atoms with Crippen LogP contribution in [-0.2, 0) is 13.1 Å². The molecule has 1 N–H and O–H groups in total. The summed E-state index contributed by atoms with van der Waals surface area (Å²) in [5.41, 5.74) is 2.92. The zero-order chi connectivity index (χ0) is 20.9. The fourth-order valence-electron chi connectivity index (χ4n) is 3.75. The molecular weight excluding hydrogens is 382 g/mol. The largest absolute Gasteiger partial charge is 0.389 e. The number of quaternary nitrogens is 1. The number of carbonyl (C=O) groups excluding carboxylic acids is 1. The maximum atomic E-state index is 12.8. The van der Waals surface area contributed by atoms with Gasteiger partial charge in [-0.2, -0.15) is 4.68 Å². The molecule has 3 aromatic rings. The van der Waals surface area contributed by atoms with E-state index in [2.05, 4.69) is 29.4 Å². The van der Waals surface area contributed by atoms with Gasteiger partial charge in [0.25, 0.3) is 5.91 Å². The highest BCUT2D eigenvalue weighted by Gasteiger charge is 2.24. The highest BCUT2D eigenvalue weighted by atomic mass is 16.6. The number of amides is 1. The fraction of sp³-hybridized carbons (Fsp3) is 0.273. The standard InChI is InChI=1S/C22H23N5O3/c28-22(25-14-12-24(13-15-25)16-18-4-2-1-3-5-18)20-8-6-19(7-9-20)17-26-11-10-21(23-26)27(29)30/h1-11H,12-17H2/p+1. The summed E-state index contributed by atoms with van der Waals surface area (Å²) in [5.74, 6) is -0.120. The van der Waals surface area contributed by atoms with E-state index in [1.54, 1.807) is 6.20 Å². The Morgan fingerprint density at radius 2 is 1.70 bits per heavy atom. The number of nitrogens with zero attached hydrogens (tertiary/aromatic N) is 4. The average Bonchev–Trinajstić information content (AvgIpc) is 3.24. The van der Waals surface area contributed by atoms with Crippen LogP contribution >= 0.6 is 0 Å². The summed E-state index contributed by atoms with van der Waals surface area (Å²) >= 11 is 0. The molecule has 2 heterocycles. The topological polar surface area (TPSA) is 85.7 Å². The Bertz CT molecular complexity index is 1010. The first kappa shape index (κ1) is 19.8. The van der Waals surface area contributed by atoms with Gasteiger partial charge in [0.2, 0.25) is 0 Å². The van der Waals surface area contributed by atoms with E-state index in [-0.39, 0.29) is 11.7 Å². The van der Waals surface area contributed by atoms with Crippen molar-refractivity contribution in [2.24, 2.45) is 0 Å². The van der Waals surface area contributed by atoms with Crippen LogP contribution in [0, 0.1) is 10.1 Å². The molecule has 1 fully saturated rings. The molecule has 0 spiro atoms. The molecule has 0 saturated carbocycles. The third-order valence-electron chi connectivity index (χ3n) is 5.41. The molecule has 30 heavy (non-hydrogen) atoms. The SMILES string of the molecule is O=C(c1ccc(Cn2ccc([N+](=O)[O-])n2)cc1)N1CC[NH+](Cc2ccccc2)CC1. The quantitative estimate of drug-likeness (QED) is 0.495. The number of rotatable bonds is 6. The molecule has 1 aliphatic rings. The molecular formula is C22H24N5O3+. The molecule has 2 aromatic carbocycles. The van der Waals surface area contributed by atoms with Crippen LogP contribution in [0.5, 0.6) is 0 Å². The predicted octanol–water partition coefficient (Wildman–Crippen LogP) is 1.38. The van der Waals surface area contributed by atoms with Crippen LogP contribution in [0.3, 0.4) is 0 Å². The van der Waals surface area contributed by atoms with Crippen LogP contribution < -0.4 is 4.90 Å². The molecule has 8 nitrogen and oxygen atoms in total. The highest BCUT2D eigenvalue weighted by Crippen LogP contribution is 2.11. The zero-order valence-corrected chi connectivity index (χ0v) is 16.6. The Morgan fingerprint density at radius 1 is 1.00 bits per heavy atom. The van der Waals surface area contributed by atoms with Crippen molar-refractivity contribution < 1.29 is 14.6 Å². The van der Waals surface area contributed by atoms with E-state index >= 15 is 0 Å². The van der Waals surface area contributed by atoms with Gasteiger partial charge in [0.1, 0.15) is 6.54 Å². The maximum absolute atomic E-state index is 12.8. The van der Waals surface area contributed by atoms with E-state index in [4.69, 9.17) is 0 Å². The zero-order valence-electron chi connectivity index (χ0n) is 16.6. The van der Waals surface area contributed by atoms with Crippen molar-refractivity contribution in [3.05, 3.63) is 93.7 Å². The lowest BCUT2D eigenvalue weighted by Gasteiger charge is -2.32. The van der Waals surface area contributed by atoms with Crippen LogP contribution in [-0.4, -0.2) is 51.7 Å². The summed E-state index contributed by atoms with van der Waals surface area (Å²) in [5, 5.41) is 14.6. The monoisotopic (exact) mass is 406 g/mol. The van der Waals surface area contributed by atoms with Crippen molar-refractivity contribution in [3.8, 4) is 0 Å². The second kappa shape index (κ2) is 8.87.